The van der Waals surface area contributed by atoms with Gasteiger partial charge in [0.1, 0.15) is 0 Å². The highest BCUT2D eigenvalue weighted by atomic mass is 32.1. The average molecular weight is 847 g/mol. The van der Waals surface area contributed by atoms with Gasteiger partial charge in [-0.1, -0.05) is 164 Å². The van der Waals surface area contributed by atoms with Crippen LogP contribution in [-0.2, 0) is 0 Å². The predicted octanol–water partition coefficient (Wildman–Crippen LogP) is 18.3. The largest absolute Gasteiger partial charge is 0.310 e. The minimum absolute atomic E-state index is 1.06. The van der Waals surface area contributed by atoms with E-state index in [1.54, 1.807) is 0 Å². The van der Waals surface area contributed by atoms with Crippen LogP contribution in [0.25, 0.3) is 75.1 Å². The molecular formula is C62H42N2S. The van der Waals surface area contributed by atoms with Gasteiger partial charge in [0, 0.05) is 54.3 Å². The minimum atomic E-state index is 1.06. The van der Waals surface area contributed by atoms with Gasteiger partial charge in [-0.15, -0.1) is 11.3 Å². The molecule has 1 aromatic heterocycles. The lowest BCUT2D eigenvalue weighted by molar-refractivity contribution is 1.25. The van der Waals surface area contributed by atoms with E-state index in [0.29, 0.717) is 0 Å². The average Bonchev–Trinajstić information content (AvgIpc) is 3.75. The van der Waals surface area contributed by atoms with Crippen LogP contribution < -0.4 is 9.80 Å². The molecule has 12 aromatic rings. The van der Waals surface area contributed by atoms with Crippen LogP contribution >= 0.6 is 11.3 Å². The van der Waals surface area contributed by atoms with E-state index < -0.39 is 0 Å². The molecule has 65 heavy (non-hydrogen) atoms. The number of anilines is 6. The summed E-state index contributed by atoms with van der Waals surface area (Å²) in [5.74, 6) is 0. The van der Waals surface area contributed by atoms with Gasteiger partial charge < -0.3 is 9.80 Å². The zero-order chi connectivity index (χ0) is 43.1. The van der Waals surface area contributed by atoms with Gasteiger partial charge in [0.05, 0.1) is 0 Å². The van der Waals surface area contributed by atoms with E-state index >= 15 is 0 Å². The van der Waals surface area contributed by atoms with Gasteiger partial charge >= 0.3 is 0 Å². The SMILES string of the molecule is c1ccc(N(c2ccc(-c3ccc4ccccc4c3)cc2)c2cc(-c3ccc4c(c3)sc3ccccc34)cc(N(c3ccccc3)c3ccc(-c4ccc5ccccc5c4)cc3)c2)cc1. The summed E-state index contributed by atoms with van der Waals surface area (Å²) in [6.45, 7) is 0. The van der Waals surface area contributed by atoms with E-state index in [2.05, 4.69) is 265 Å². The van der Waals surface area contributed by atoms with Gasteiger partial charge in [-0.2, -0.15) is 0 Å². The van der Waals surface area contributed by atoms with E-state index in [9.17, 15) is 0 Å². The minimum Gasteiger partial charge on any atom is -0.310 e. The summed E-state index contributed by atoms with van der Waals surface area (Å²) >= 11 is 1.86. The van der Waals surface area contributed by atoms with Crippen molar-refractivity contribution in [3.05, 3.63) is 255 Å². The number of rotatable bonds is 9. The molecule has 0 aliphatic rings. The zero-order valence-corrected chi connectivity index (χ0v) is 36.4. The van der Waals surface area contributed by atoms with Crippen LogP contribution in [0.5, 0.6) is 0 Å². The Hall–Kier alpha value is -8.24. The summed E-state index contributed by atoms with van der Waals surface area (Å²) in [5, 5.41) is 7.57. The Bertz CT molecular complexity index is 3470. The lowest BCUT2D eigenvalue weighted by Gasteiger charge is -2.30. The van der Waals surface area contributed by atoms with Crippen molar-refractivity contribution in [3.63, 3.8) is 0 Å². The van der Waals surface area contributed by atoms with E-state index in [-0.39, 0.29) is 0 Å². The molecule has 3 heteroatoms. The second kappa shape index (κ2) is 16.5. The molecule has 11 aromatic carbocycles. The first kappa shape index (κ1) is 38.4. The van der Waals surface area contributed by atoms with Crippen LogP contribution in [0.1, 0.15) is 0 Å². The Morgan fingerprint density at radius 3 is 1.15 bits per heavy atom. The summed E-state index contributed by atoms with van der Waals surface area (Å²) in [6, 6.07) is 92.8. The Labute approximate surface area is 383 Å². The Kier molecular flexibility index (Phi) is 9.74. The van der Waals surface area contributed by atoms with Gasteiger partial charge in [-0.3, -0.25) is 0 Å². The number of benzene rings is 11. The van der Waals surface area contributed by atoms with Crippen LogP contribution in [0.2, 0.25) is 0 Å². The van der Waals surface area contributed by atoms with Crippen molar-refractivity contribution in [3.8, 4) is 33.4 Å². The normalized spacial score (nSPS) is 11.4. The molecule has 0 N–H and O–H groups in total. The van der Waals surface area contributed by atoms with Crippen LogP contribution in [0.4, 0.5) is 34.1 Å². The first-order valence-electron chi connectivity index (χ1n) is 22.1. The fourth-order valence-corrected chi connectivity index (χ4v) is 10.5. The molecule has 0 aliphatic carbocycles. The second-order valence-corrected chi connectivity index (χ2v) is 17.7. The molecule has 0 amide bonds. The zero-order valence-electron chi connectivity index (χ0n) is 35.6. The highest BCUT2D eigenvalue weighted by Crippen LogP contribution is 2.45. The van der Waals surface area contributed by atoms with Crippen molar-refractivity contribution >= 4 is 87.2 Å². The summed E-state index contributed by atoms with van der Waals surface area (Å²) in [7, 11) is 0. The molecule has 0 aliphatic heterocycles. The predicted molar refractivity (Wildman–Crippen MR) is 280 cm³/mol. The molecule has 0 radical (unpaired) electrons. The molecule has 12 rings (SSSR count). The molecule has 0 unspecified atom stereocenters. The third kappa shape index (κ3) is 7.38. The smallest absolute Gasteiger partial charge is 0.0488 e. The molecule has 0 saturated carbocycles. The monoisotopic (exact) mass is 846 g/mol. The van der Waals surface area contributed by atoms with Gasteiger partial charge in [0.2, 0.25) is 0 Å². The van der Waals surface area contributed by atoms with Crippen molar-refractivity contribution in [2.45, 2.75) is 0 Å². The van der Waals surface area contributed by atoms with Crippen molar-refractivity contribution in [1.82, 2.24) is 0 Å². The van der Waals surface area contributed by atoms with Crippen LogP contribution in [0.3, 0.4) is 0 Å². The highest BCUT2D eigenvalue weighted by molar-refractivity contribution is 7.25. The molecule has 1 heterocycles. The maximum Gasteiger partial charge on any atom is 0.0488 e. The molecule has 0 bridgehead atoms. The maximum absolute atomic E-state index is 2.39. The quantitative estimate of drug-likeness (QED) is 0.143. The third-order valence-electron chi connectivity index (χ3n) is 12.6. The number of hydrogen-bond donors (Lipinski definition) is 0. The molecule has 0 fully saturated rings. The lowest BCUT2D eigenvalue weighted by atomic mass is 9.99. The highest BCUT2D eigenvalue weighted by Gasteiger charge is 2.20. The van der Waals surface area contributed by atoms with E-state index in [0.717, 1.165) is 39.7 Å². The first-order valence-corrected chi connectivity index (χ1v) is 23.0. The van der Waals surface area contributed by atoms with Gasteiger partial charge in [-0.25, -0.2) is 0 Å². The molecule has 306 valence electrons. The molecule has 0 atom stereocenters. The molecule has 2 nitrogen and oxygen atoms in total. The fraction of sp³-hybridized carbons (Fsp3) is 0. The third-order valence-corrected chi connectivity index (χ3v) is 13.7. The molecular weight excluding hydrogens is 805 g/mol. The standard InChI is InChI=1S/C62H42N2S/c1-3-17-53(18-4-1)63(55-32-27-45(28-33-55)49-25-23-43-13-7-9-15-47(43)37-49)57-39-52(51-31-36-60-59-21-11-12-22-61(59)65-62(60)41-51)40-58(42-57)64(54-19-5-2-6-20-54)56-34-29-46(30-35-56)50-26-24-44-14-8-10-16-48(44)38-50/h1-42H. The van der Waals surface area contributed by atoms with Crippen molar-refractivity contribution < 1.29 is 0 Å². The number of hydrogen-bond acceptors (Lipinski definition) is 3. The van der Waals surface area contributed by atoms with Gasteiger partial charge in [0.25, 0.3) is 0 Å². The topological polar surface area (TPSA) is 6.48 Å². The number of nitrogens with zero attached hydrogens (tertiary/aromatic N) is 2. The van der Waals surface area contributed by atoms with Crippen LogP contribution in [0, 0.1) is 0 Å². The Balaban J connectivity index is 1.03. The summed E-state index contributed by atoms with van der Waals surface area (Å²) in [4.78, 5) is 4.78. The van der Waals surface area contributed by atoms with E-state index in [4.69, 9.17) is 0 Å². The molecule has 0 saturated heterocycles. The number of fused-ring (bicyclic) bond motifs is 5. The summed E-state index contributed by atoms with van der Waals surface area (Å²) < 4.78 is 2.59. The summed E-state index contributed by atoms with van der Waals surface area (Å²) in [5.41, 5.74) is 13.5. The van der Waals surface area contributed by atoms with Crippen molar-refractivity contribution in [2.24, 2.45) is 0 Å². The maximum atomic E-state index is 2.39. The van der Waals surface area contributed by atoms with Crippen molar-refractivity contribution in [2.75, 3.05) is 9.80 Å². The lowest BCUT2D eigenvalue weighted by Crippen LogP contribution is -2.13. The molecule has 0 spiro atoms. The van der Waals surface area contributed by atoms with Crippen LogP contribution in [0.15, 0.2) is 255 Å². The second-order valence-electron chi connectivity index (χ2n) is 16.6. The Morgan fingerprint density at radius 1 is 0.215 bits per heavy atom. The fourth-order valence-electron chi connectivity index (χ4n) is 9.32. The van der Waals surface area contributed by atoms with Crippen molar-refractivity contribution in [1.29, 1.82) is 0 Å². The summed E-state index contributed by atoms with van der Waals surface area (Å²) in [6.07, 6.45) is 0. The number of thiophene rings is 1. The van der Waals surface area contributed by atoms with Gasteiger partial charge in [-0.05, 0) is 146 Å². The first-order chi connectivity index (χ1) is 32.2. The van der Waals surface area contributed by atoms with Gasteiger partial charge in [0.15, 0.2) is 0 Å². The van der Waals surface area contributed by atoms with E-state index in [1.165, 1.54) is 69.5 Å². The number of para-hydroxylation sites is 2. The Morgan fingerprint density at radius 2 is 0.615 bits per heavy atom. The van der Waals surface area contributed by atoms with E-state index in [1.807, 2.05) is 11.3 Å². The van der Waals surface area contributed by atoms with Crippen LogP contribution in [-0.4, -0.2) is 0 Å².